The molecule has 1 nitrogen and oxygen atoms in total. The molecule has 1 aliphatic heterocycles. The second-order valence-corrected chi connectivity index (χ2v) is 5.71. The van der Waals surface area contributed by atoms with Gasteiger partial charge in [0, 0.05) is 0 Å². The highest BCUT2D eigenvalue weighted by Gasteiger charge is 2.19. The summed E-state index contributed by atoms with van der Waals surface area (Å²) in [5, 5.41) is 6.35. The van der Waals surface area contributed by atoms with Crippen LogP contribution < -0.4 is 5.32 Å². The third-order valence-electron chi connectivity index (χ3n) is 4.05. The molecule has 1 N–H and O–H groups in total. The van der Waals surface area contributed by atoms with E-state index >= 15 is 0 Å². The van der Waals surface area contributed by atoms with Gasteiger partial charge in [0.05, 0.1) is 0 Å². The second-order valence-electron chi connectivity index (χ2n) is 5.71. The van der Waals surface area contributed by atoms with Gasteiger partial charge in [-0.1, -0.05) is 49.4 Å². The summed E-state index contributed by atoms with van der Waals surface area (Å²) in [7, 11) is 0. The molecule has 0 amide bonds. The number of rotatable bonds is 2. The Labute approximate surface area is 109 Å². The number of fused-ring (bicyclic) bond motifs is 1. The molecule has 2 aromatic carbocycles. The second kappa shape index (κ2) is 5.11. The summed E-state index contributed by atoms with van der Waals surface area (Å²) < 4.78 is 0. The van der Waals surface area contributed by atoms with Crippen molar-refractivity contribution in [1.29, 1.82) is 0 Å². The first kappa shape index (κ1) is 11.7. The molecule has 0 bridgehead atoms. The van der Waals surface area contributed by atoms with Crippen LogP contribution in [0.25, 0.3) is 10.8 Å². The molecule has 2 atom stereocenters. The molecule has 1 fully saturated rings. The van der Waals surface area contributed by atoms with Crippen LogP contribution in [0.4, 0.5) is 0 Å². The van der Waals surface area contributed by atoms with Crippen molar-refractivity contribution in [2.75, 3.05) is 13.1 Å². The Morgan fingerprint density at radius 1 is 1.06 bits per heavy atom. The van der Waals surface area contributed by atoms with Gasteiger partial charge in [-0.25, -0.2) is 0 Å². The molecule has 0 aromatic heterocycles. The van der Waals surface area contributed by atoms with Gasteiger partial charge in [-0.15, -0.1) is 0 Å². The summed E-state index contributed by atoms with van der Waals surface area (Å²) in [6.45, 7) is 4.71. The van der Waals surface area contributed by atoms with Gasteiger partial charge in [-0.3, -0.25) is 0 Å². The maximum atomic E-state index is 3.55. The van der Waals surface area contributed by atoms with Gasteiger partial charge in [0.25, 0.3) is 0 Å². The highest BCUT2D eigenvalue weighted by Crippen LogP contribution is 2.25. The molecule has 1 aliphatic rings. The minimum atomic E-state index is 0.791. The van der Waals surface area contributed by atoms with Crippen molar-refractivity contribution in [3.8, 4) is 0 Å². The minimum Gasteiger partial charge on any atom is -0.316 e. The van der Waals surface area contributed by atoms with Crippen LogP contribution in [0.1, 0.15) is 18.9 Å². The average molecular weight is 239 g/mol. The normalized spacial score (nSPS) is 24.3. The third kappa shape index (κ3) is 2.41. The van der Waals surface area contributed by atoms with E-state index in [2.05, 4.69) is 54.7 Å². The molecule has 1 saturated heterocycles. The van der Waals surface area contributed by atoms with Gasteiger partial charge < -0.3 is 5.32 Å². The molecule has 1 heterocycles. The highest BCUT2D eigenvalue weighted by atomic mass is 14.9. The lowest BCUT2D eigenvalue weighted by Crippen LogP contribution is -2.35. The summed E-state index contributed by atoms with van der Waals surface area (Å²) in [5.41, 5.74) is 1.51. The molecule has 2 unspecified atom stereocenters. The molecular formula is C17H21N. The van der Waals surface area contributed by atoms with Crippen molar-refractivity contribution in [2.24, 2.45) is 11.8 Å². The topological polar surface area (TPSA) is 12.0 Å². The zero-order valence-corrected chi connectivity index (χ0v) is 11.0. The predicted molar refractivity (Wildman–Crippen MR) is 77.8 cm³/mol. The van der Waals surface area contributed by atoms with E-state index in [1.165, 1.54) is 42.3 Å². The fraction of sp³-hybridized carbons (Fsp3) is 0.412. The fourth-order valence-electron chi connectivity index (χ4n) is 3.21. The van der Waals surface area contributed by atoms with Crippen LogP contribution in [0, 0.1) is 11.8 Å². The first-order chi connectivity index (χ1) is 8.83. The maximum absolute atomic E-state index is 3.55. The number of hydrogen-bond acceptors (Lipinski definition) is 1. The molecular weight excluding hydrogens is 218 g/mol. The Kier molecular flexibility index (Phi) is 3.33. The summed E-state index contributed by atoms with van der Waals surface area (Å²) in [6.07, 6.45) is 2.56. The molecule has 3 rings (SSSR count). The Bertz CT molecular complexity index is 527. The Hall–Kier alpha value is -1.34. The fourth-order valence-corrected chi connectivity index (χ4v) is 3.21. The van der Waals surface area contributed by atoms with Crippen LogP contribution >= 0.6 is 0 Å². The third-order valence-corrected chi connectivity index (χ3v) is 4.05. The monoisotopic (exact) mass is 239 g/mol. The molecule has 0 radical (unpaired) electrons. The lowest BCUT2D eigenvalue weighted by molar-refractivity contribution is 0.302. The van der Waals surface area contributed by atoms with E-state index in [-0.39, 0.29) is 0 Å². The Morgan fingerprint density at radius 3 is 2.78 bits per heavy atom. The van der Waals surface area contributed by atoms with Gasteiger partial charge >= 0.3 is 0 Å². The lowest BCUT2D eigenvalue weighted by atomic mass is 9.86. The zero-order chi connectivity index (χ0) is 12.4. The van der Waals surface area contributed by atoms with E-state index in [1.54, 1.807) is 0 Å². The number of piperidine rings is 1. The molecule has 94 valence electrons. The van der Waals surface area contributed by atoms with E-state index in [9.17, 15) is 0 Å². The summed E-state index contributed by atoms with van der Waals surface area (Å²) in [4.78, 5) is 0. The molecule has 0 spiro atoms. The van der Waals surface area contributed by atoms with Gasteiger partial charge in [0.1, 0.15) is 0 Å². The molecule has 0 saturated carbocycles. The number of nitrogens with one attached hydrogen (secondary N) is 1. The predicted octanol–water partition coefficient (Wildman–Crippen LogP) is 3.63. The van der Waals surface area contributed by atoms with Crippen LogP contribution in [0.5, 0.6) is 0 Å². The van der Waals surface area contributed by atoms with Crippen molar-refractivity contribution in [1.82, 2.24) is 5.32 Å². The van der Waals surface area contributed by atoms with E-state index in [1.807, 2.05) is 0 Å². The zero-order valence-electron chi connectivity index (χ0n) is 11.0. The van der Waals surface area contributed by atoms with Gasteiger partial charge in [-0.2, -0.15) is 0 Å². The van der Waals surface area contributed by atoms with Crippen LogP contribution in [-0.2, 0) is 6.42 Å². The van der Waals surface area contributed by atoms with Crippen LogP contribution in [0.2, 0.25) is 0 Å². The van der Waals surface area contributed by atoms with Gasteiger partial charge in [0.15, 0.2) is 0 Å². The number of hydrogen-bond donors (Lipinski definition) is 1. The van der Waals surface area contributed by atoms with E-state index in [0.717, 1.165) is 11.8 Å². The van der Waals surface area contributed by atoms with Gasteiger partial charge in [-0.05, 0) is 54.1 Å². The van der Waals surface area contributed by atoms with Crippen LogP contribution in [0.3, 0.4) is 0 Å². The SMILES string of the molecule is CC1CNCC(Cc2cccc3ccccc23)C1. The maximum Gasteiger partial charge on any atom is -0.00171 e. The summed E-state index contributed by atoms with van der Waals surface area (Å²) >= 11 is 0. The average Bonchev–Trinajstić information content (AvgIpc) is 2.39. The lowest BCUT2D eigenvalue weighted by Gasteiger charge is -2.28. The summed E-state index contributed by atoms with van der Waals surface area (Å²) in [6, 6.07) is 15.4. The van der Waals surface area contributed by atoms with Crippen molar-refractivity contribution in [2.45, 2.75) is 19.8 Å². The first-order valence-corrected chi connectivity index (χ1v) is 7.00. The summed E-state index contributed by atoms with van der Waals surface area (Å²) in [5.74, 6) is 1.61. The van der Waals surface area contributed by atoms with E-state index < -0.39 is 0 Å². The Morgan fingerprint density at radius 2 is 1.89 bits per heavy atom. The van der Waals surface area contributed by atoms with E-state index in [4.69, 9.17) is 0 Å². The standard InChI is InChI=1S/C17H21N/c1-13-9-14(12-18-11-13)10-16-7-4-6-15-5-2-3-8-17(15)16/h2-8,13-14,18H,9-12H2,1H3. The molecule has 18 heavy (non-hydrogen) atoms. The molecule has 2 aromatic rings. The van der Waals surface area contributed by atoms with E-state index in [0.29, 0.717) is 0 Å². The van der Waals surface area contributed by atoms with Crippen molar-refractivity contribution < 1.29 is 0 Å². The molecule has 1 heteroatoms. The highest BCUT2D eigenvalue weighted by molar-refractivity contribution is 5.85. The Balaban J connectivity index is 1.86. The van der Waals surface area contributed by atoms with Crippen molar-refractivity contribution in [3.63, 3.8) is 0 Å². The number of benzene rings is 2. The van der Waals surface area contributed by atoms with Crippen molar-refractivity contribution in [3.05, 3.63) is 48.0 Å². The van der Waals surface area contributed by atoms with Crippen molar-refractivity contribution >= 4 is 10.8 Å². The quantitative estimate of drug-likeness (QED) is 0.844. The van der Waals surface area contributed by atoms with Gasteiger partial charge in [0.2, 0.25) is 0 Å². The largest absolute Gasteiger partial charge is 0.316 e. The molecule has 0 aliphatic carbocycles. The smallest absolute Gasteiger partial charge is 0.00171 e. The first-order valence-electron chi connectivity index (χ1n) is 7.00. The van der Waals surface area contributed by atoms with Crippen LogP contribution in [0.15, 0.2) is 42.5 Å². The minimum absolute atomic E-state index is 0.791. The van der Waals surface area contributed by atoms with Crippen LogP contribution in [-0.4, -0.2) is 13.1 Å².